The first-order chi connectivity index (χ1) is 7.63. The number of nitrogens with zero attached hydrogens (tertiary/aromatic N) is 1. The number of benzene rings is 1. The van der Waals surface area contributed by atoms with Crippen LogP contribution in [0.4, 0.5) is 11.4 Å². The highest BCUT2D eigenvalue weighted by atomic mass is 35.5. The number of nitrogens with one attached hydrogen (secondary N) is 1. The largest absolute Gasteiger partial charge is 0.355 e. The Labute approximate surface area is 108 Å². The third kappa shape index (κ3) is 3.01. The molecule has 2 rings (SSSR count). The molecule has 1 heterocycles. The lowest BCUT2D eigenvalue weighted by atomic mass is 10.3. The third-order valence-electron chi connectivity index (χ3n) is 1.88. The molecule has 0 aliphatic rings. The van der Waals surface area contributed by atoms with E-state index in [0.717, 1.165) is 11.4 Å². The minimum absolute atomic E-state index is 0.429. The second-order valence-corrected chi connectivity index (χ2v) is 4.41. The summed E-state index contributed by atoms with van der Waals surface area (Å²) in [5.41, 5.74) is 1.64. The molecule has 1 aromatic heterocycles. The van der Waals surface area contributed by atoms with Gasteiger partial charge in [-0.2, -0.15) is 0 Å². The standard InChI is InChI=1S/C11H7Cl3N2/c12-7-3-8(13)5-10(4-7)16-9-1-2-15-11(14)6-9/h1-6H,(H,15,16). The summed E-state index contributed by atoms with van der Waals surface area (Å²) in [5, 5.41) is 4.72. The van der Waals surface area contributed by atoms with Gasteiger partial charge in [0.2, 0.25) is 0 Å². The summed E-state index contributed by atoms with van der Waals surface area (Å²) in [4.78, 5) is 3.89. The Morgan fingerprint density at radius 3 is 2.19 bits per heavy atom. The van der Waals surface area contributed by atoms with Gasteiger partial charge >= 0.3 is 0 Å². The highest BCUT2D eigenvalue weighted by Gasteiger charge is 1.99. The molecule has 82 valence electrons. The van der Waals surface area contributed by atoms with Crippen molar-refractivity contribution in [3.63, 3.8) is 0 Å². The Balaban J connectivity index is 2.27. The lowest BCUT2D eigenvalue weighted by Crippen LogP contribution is -1.90. The van der Waals surface area contributed by atoms with Crippen molar-refractivity contribution in [2.75, 3.05) is 5.32 Å². The fourth-order valence-electron chi connectivity index (χ4n) is 1.27. The normalized spacial score (nSPS) is 10.2. The fourth-order valence-corrected chi connectivity index (χ4v) is 1.97. The van der Waals surface area contributed by atoms with E-state index in [1.165, 1.54) is 0 Å². The monoisotopic (exact) mass is 272 g/mol. The van der Waals surface area contributed by atoms with Gasteiger partial charge in [-0.3, -0.25) is 0 Å². The molecule has 5 heteroatoms. The molecule has 1 aromatic carbocycles. The van der Waals surface area contributed by atoms with Crippen molar-refractivity contribution in [1.29, 1.82) is 0 Å². The van der Waals surface area contributed by atoms with Gasteiger partial charge in [-0.15, -0.1) is 0 Å². The van der Waals surface area contributed by atoms with E-state index in [0.29, 0.717) is 15.2 Å². The summed E-state index contributed by atoms with van der Waals surface area (Å²) in [6.07, 6.45) is 1.62. The Bertz CT molecular complexity index is 494. The van der Waals surface area contributed by atoms with Crippen LogP contribution >= 0.6 is 34.8 Å². The molecule has 0 aliphatic heterocycles. The van der Waals surface area contributed by atoms with Gasteiger partial charge in [-0.1, -0.05) is 34.8 Å². The van der Waals surface area contributed by atoms with Gasteiger partial charge < -0.3 is 5.32 Å². The molecule has 0 saturated carbocycles. The lowest BCUT2D eigenvalue weighted by Gasteiger charge is -2.07. The summed E-state index contributed by atoms with van der Waals surface area (Å²) < 4.78 is 0. The van der Waals surface area contributed by atoms with Gasteiger partial charge in [0, 0.05) is 27.6 Å². The maximum atomic E-state index is 5.88. The van der Waals surface area contributed by atoms with Gasteiger partial charge in [-0.25, -0.2) is 4.98 Å². The first-order valence-corrected chi connectivity index (χ1v) is 5.61. The van der Waals surface area contributed by atoms with E-state index in [1.807, 2.05) is 0 Å². The van der Waals surface area contributed by atoms with Crippen molar-refractivity contribution in [3.8, 4) is 0 Å². The van der Waals surface area contributed by atoms with Crippen molar-refractivity contribution >= 4 is 46.2 Å². The van der Waals surface area contributed by atoms with E-state index in [9.17, 15) is 0 Å². The molecule has 1 N–H and O–H groups in total. The number of hydrogen-bond acceptors (Lipinski definition) is 2. The van der Waals surface area contributed by atoms with Crippen LogP contribution < -0.4 is 5.32 Å². The number of hydrogen-bond donors (Lipinski definition) is 1. The molecule has 16 heavy (non-hydrogen) atoms. The van der Waals surface area contributed by atoms with E-state index in [1.54, 1.807) is 36.5 Å². The summed E-state index contributed by atoms with van der Waals surface area (Å²) in [7, 11) is 0. The Kier molecular flexibility index (Phi) is 3.54. The van der Waals surface area contributed by atoms with Crippen molar-refractivity contribution in [3.05, 3.63) is 51.7 Å². The smallest absolute Gasteiger partial charge is 0.131 e. The van der Waals surface area contributed by atoms with Crippen molar-refractivity contribution < 1.29 is 0 Å². The fraction of sp³-hybridized carbons (Fsp3) is 0. The highest BCUT2D eigenvalue weighted by molar-refractivity contribution is 6.35. The average molecular weight is 274 g/mol. The van der Waals surface area contributed by atoms with Crippen LogP contribution in [-0.2, 0) is 0 Å². The molecular formula is C11H7Cl3N2. The Morgan fingerprint density at radius 2 is 1.56 bits per heavy atom. The molecule has 0 aliphatic carbocycles. The lowest BCUT2D eigenvalue weighted by molar-refractivity contribution is 1.32. The summed E-state index contributed by atoms with van der Waals surface area (Å²) in [6, 6.07) is 8.76. The predicted octanol–water partition coefficient (Wildman–Crippen LogP) is 4.79. The van der Waals surface area contributed by atoms with E-state index in [-0.39, 0.29) is 0 Å². The van der Waals surface area contributed by atoms with Crippen LogP contribution in [-0.4, -0.2) is 4.98 Å². The Hall–Kier alpha value is -0.960. The molecule has 0 saturated heterocycles. The number of pyridine rings is 1. The number of halogens is 3. The molecule has 0 fully saturated rings. The highest BCUT2D eigenvalue weighted by Crippen LogP contribution is 2.25. The van der Waals surface area contributed by atoms with Crippen molar-refractivity contribution in [2.24, 2.45) is 0 Å². The molecule has 2 nitrogen and oxygen atoms in total. The molecule has 0 spiro atoms. The summed E-state index contributed by atoms with van der Waals surface area (Å²) in [5.74, 6) is 0. The zero-order chi connectivity index (χ0) is 11.5. The molecule has 0 radical (unpaired) electrons. The molecule has 2 aromatic rings. The molecule has 0 unspecified atom stereocenters. The van der Waals surface area contributed by atoms with Crippen LogP contribution in [0.25, 0.3) is 0 Å². The Morgan fingerprint density at radius 1 is 0.875 bits per heavy atom. The third-order valence-corrected chi connectivity index (χ3v) is 2.52. The maximum absolute atomic E-state index is 5.88. The minimum atomic E-state index is 0.429. The SMILES string of the molecule is Clc1cc(Cl)cc(Nc2ccnc(Cl)c2)c1. The second-order valence-electron chi connectivity index (χ2n) is 3.15. The quantitative estimate of drug-likeness (QED) is 0.796. The number of aromatic nitrogens is 1. The first-order valence-electron chi connectivity index (χ1n) is 4.48. The zero-order valence-electron chi connectivity index (χ0n) is 8.05. The molecular weight excluding hydrogens is 266 g/mol. The molecule has 0 atom stereocenters. The number of rotatable bonds is 2. The maximum Gasteiger partial charge on any atom is 0.131 e. The van der Waals surface area contributed by atoms with Crippen LogP contribution in [0.15, 0.2) is 36.5 Å². The van der Waals surface area contributed by atoms with Gasteiger partial charge in [0.25, 0.3) is 0 Å². The zero-order valence-corrected chi connectivity index (χ0v) is 10.3. The van der Waals surface area contributed by atoms with E-state index < -0.39 is 0 Å². The van der Waals surface area contributed by atoms with Crippen LogP contribution in [0, 0.1) is 0 Å². The van der Waals surface area contributed by atoms with Crippen molar-refractivity contribution in [1.82, 2.24) is 4.98 Å². The average Bonchev–Trinajstić information content (AvgIpc) is 2.15. The molecule has 0 amide bonds. The molecule has 0 bridgehead atoms. The van der Waals surface area contributed by atoms with Crippen LogP contribution in [0.5, 0.6) is 0 Å². The number of anilines is 2. The van der Waals surface area contributed by atoms with Crippen LogP contribution in [0.3, 0.4) is 0 Å². The topological polar surface area (TPSA) is 24.9 Å². The van der Waals surface area contributed by atoms with E-state index in [2.05, 4.69) is 10.3 Å². The van der Waals surface area contributed by atoms with Crippen LogP contribution in [0.1, 0.15) is 0 Å². The van der Waals surface area contributed by atoms with Gasteiger partial charge in [0.15, 0.2) is 0 Å². The van der Waals surface area contributed by atoms with Gasteiger partial charge in [0.1, 0.15) is 5.15 Å². The minimum Gasteiger partial charge on any atom is -0.355 e. The first kappa shape index (κ1) is 11.5. The summed E-state index contributed by atoms with van der Waals surface area (Å²) >= 11 is 17.5. The van der Waals surface area contributed by atoms with Crippen molar-refractivity contribution in [2.45, 2.75) is 0 Å². The van der Waals surface area contributed by atoms with Gasteiger partial charge in [0.05, 0.1) is 0 Å². The van der Waals surface area contributed by atoms with E-state index in [4.69, 9.17) is 34.8 Å². The van der Waals surface area contributed by atoms with E-state index >= 15 is 0 Å². The van der Waals surface area contributed by atoms with Gasteiger partial charge in [-0.05, 0) is 30.3 Å². The summed E-state index contributed by atoms with van der Waals surface area (Å²) in [6.45, 7) is 0. The second kappa shape index (κ2) is 4.91. The predicted molar refractivity (Wildman–Crippen MR) is 69.0 cm³/mol. The van der Waals surface area contributed by atoms with Crippen LogP contribution in [0.2, 0.25) is 15.2 Å².